The van der Waals surface area contributed by atoms with Crippen LogP contribution in [0, 0.1) is 0 Å². The number of aliphatic imine (C=N–C) groups is 1. The number of carbonyl (C=O) groups is 1. The second-order valence-corrected chi connectivity index (χ2v) is 7.05. The summed E-state index contributed by atoms with van der Waals surface area (Å²) in [5.41, 5.74) is 0.360. The first-order valence-electron chi connectivity index (χ1n) is 7.47. The van der Waals surface area contributed by atoms with E-state index in [1.807, 2.05) is 0 Å². The molecule has 0 fully saturated rings. The molecule has 0 aliphatic heterocycles. The van der Waals surface area contributed by atoms with Crippen LogP contribution < -0.4 is 10.1 Å². The van der Waals surface area contributed by atoms with E-state index in [1.165, 1.54) is 25.3 Å². The van der Waals surface area contributed by atoms with Crippen LogP contribution in [-0.4, -0.2) is 30.0 Å². The number of benzene rings is 2. The lowest BCUT2D eigenvalue weighted by atomic mass is 10.2. The molecule has 0 atom stereocenters. The van der Waals surface area contributed by atoms with Gasteiger partial charge in [-0.3, -0.25) is 0 Å². The Morgan fingerprint density at radius 3 is 2.32 bits per heavy atom. The van der Waals surface area contributed by atoms with E-state index >= 15 is 0 Å². The maximum absolute atomic E-state index is 13.5. The number of urea groups is 1. The molecule has 5 nitrogen and oxygen atoms in total. The smallest absolute Gasteiger partial charge is 0.428 e. The monoisotopic (exact) mass is 470 g/mol. The molecule has 0 saturated heterocycles. The van der Waals surface area contributed by atoms with Gasteiger partial charge in [0.2, 0.25) is 10.7 Å². The van der Waals surface area contributed by atoms with E-state index in [-0.39, 0.29) is 32.9 Å². The second-order valence-electron chi connectivity index (χ2n) is 5.14. The van der Waals surface area contributed by atoms with Crippen molar-refractivity contribution in [3.8, 4) is 5.75 Å². The zero-order chi connectivity index (χ0) is 20.9. The van der Waals surface area contributed by atoms with E-state index in [9.17, 15) is 13.6 Å². The Morgan fingerprint density at radius 2 is 1.75 bits per heavy atom. The van der Waals surface area contributed by atoms with E-state index < -0.39 is 17.0 Å². The van der Waals surface area contributed by atoms with Gasteiger partial charge in [-0.2, -0.15) is 13.8 Å². The summed E-state index contributed by atoms with van der Waals surface area (Å²) in [6, 6.07) is 9.07. The van der Waals surface area contributed by atoms with Crippen molar-refractivity contribution < 1.29 is 23.0 Å². The summed E-state index contributed by atoms with van der Waals surface area (Å²) in [5.74, 6) is -0.390. The van der Waals surface area contributed by atoms with Crippen LogP contribution in [0.2, 0.25) is 10.0 Å². The number of anilines is 1. The molecule has 28 heavy (non-hydrogen) atoms. The van der Waals surface area contributed by atoms with Gasteiger partial charge in [-0.1, -0.05) is 58.5 Å². The molecular weight excluding hydrogens is 460 g/mol. The van der Waals surface area contributed by atoms with Crippen LogP contribution in [0.25, 0.3) is 0 Å². The van der Waals surface area contributed by atoms with Gasteiger partial charge in [0.1, 0.15) is 5.75 Å². The second kappa shape index (κ2) is 9.60. The first-order chi connectivity index (χ1) is 13.1. The average Bonchev–Trinajstić information content (AvgIpc) is 2.60. The zero-order valence-corrected chi connectivity index (χ0v) is 17.1. The summed E-state index contributed by atoms with van der Waals surface area (Å²) in [6.07, 6.45) is -3.81. The molecule has 0 heterocycles. The third-order valence-electron chi connectivity index (χ3n) is 3.17. The molecule has 0 radical (unpaired) electrons. The third kappa shape index (κ3) is 5.85. The maximum Gasteiger partial charge on any atom is 0.428 e. The fraction of sp³-hybridized carbons (Fsp3) is 0.176. The predicted octanol–water partition coefficient (Wildman–Crippen LogP) is 6.39. The molecule has 2 aromatic rings. The van der Waals surface area contributed by atoms with Crippen LogP contribution in [0.1, 0.15) is 5.56 Å². The van der Waals surface area contributed by atoms with E-state index in [0.717, 1.165) is 6.07 Å². The van der Waals surface area contributed by atoms with Crippen LogP contribution in [0.5, 0.6) is 5.75 Å². The molecule has 0 bridgehead atoms. The molecule has 11 heteroatoms. The van der Waals surface area contributed by atoms with Gasteiger partial charge in [0.15, 0.2) is 0 Å². The Balaban J connectivity index is 2.20. The van der Waals surface area contributed by atoms with E-state index in [0.29, 0.717) is 0 Å². The molecule has 0 aliphatic carbocycles. The lowest BCUT2D eigenvalue weighted by Crippen LogP contribution is -2.32. The van der Waals surface area contributed by atoms with Crippen molar-refractivity contribution in [1.29, 1.82) is 0 Å². The maximum atomic E-state index is 13.5. The van der Waals surface area contributed by atoms with Gasteiger partial charge in [0.05, 0.1) is 22.7 Å². The molecule has 2 rings (SSSR count). The quantitative estimate of drug-likeness (QED) is 0.312. The molecule has 0 unspecified atom stereocenters. The Morgan fingerprint density at radius 1 is 1.14 bits per heavy atom. The number of hydrogen-bond acceptors (Lipinski definition) is 3. The Kier molecular flexibility index (Phi) is 7.71. The molecule has 0 saturated carbocycles. The van der Waals surface area contributed by atoms with Crippen molar-refractivity contribution in [1.82, 2.24) is 0 Å². The number of nitrogens with zero attached hydrogens (tertiary/aromatic N) is 1. The highest BCUT2D eigenvalue weighted by molar-refractivity contribution is 6.44. The molecule has 1 N–H and O–H groups in total. The minimum atomic E-state index is -3.81. The van der Waals surface area contributed by atoms with Crippen LogP contribution >= 0.6 is 46.4 Å². The van der Waals surface area contributed by atoms with Gasteiger partial charge in [-0.25, -0.2) is 4.79 Å². The first-order valence-corrected chi connectivity index (χ1v) is 9.10. The van der Waals surface area contributed by atoms with Crippen LogP contribution in [-0.2, 0) is 4.74 Å². The highest BCUT2D eigenvalue weighted by Crippen LogP contribution is 2.31. The number of methoxy groups -OCH3 is 1. The molecule has 150 valence electrons. The van der Waals surface area contributed by atoms with Gasteiger partial charge < -0.3 is 14.8 Å². The zero-order valence-electron chi connectivity index (χ0n) is 14.1. The van der Waals surface area contributed by atoms with Crippen molar-refractivity contribution in [2.45, 2.75) is 10.9 Å². The average molecular weight is 472 g/mol. The van der Waals surface area contributed by atoms with E-state index in [2.05, 4.69) is 15.0 Å². The molecule has 0 aliphatic rings. The fourth-order valence-electron chi connectivity index (χ4n) is 1.99. The Labute approximate surface area is 179 Å². The van der Waals surface area contributed by atoms with E-state index in [4.69, 9.17) is 51.1 Å². The minimum absolute atomic E-state index is 0.126. The third-order valence-corrected chi connectivity index (χ3v) is 4.30. The largest absolute Gasteiger partial charge is 0.480 e. The summed E-state index contributed by atoms with van der Waals surface area (Å²) in [7, 11) is 1.29. The lowest BCUT2D eigenvalue weighted by Gasteiger charge is -2.19. The number of rotatable bonds is 5. The SMILES string of the molecule is COC(=NC(=O)Nc1cccc(OC(F)(F)C(Cl)Cl)c1)c1c(Cl)cccc1Cl. The van der Waals surface area contributed by atoms with E-state index in [1.54, 1.807) is 18.2 Å². The number of ether oxygens (including phenoxy) is 2. The number of nitrogens with one attached hydrogen (secondary N) is 1. The number of amides is 2. The Bertz CT molecular complexity index is 874. The molecule has 0 aromatic heterocycles. The van der Waals surface area contributed by atoms with Crippen molar-refractivity contribution in [2.24, 2.45) is 4.99 Å². The van der Waals surface area contributed by atoms with Crippen molar-refractivity contribution in [3.63, 3.8) is 0 Å². The van der Waals surface area contributed by atoms with Crippen LogP contribution in [0.4, 0.5) is 19.3 Å². The van der Waals surface area contributed by atoms with Crippen molar-refractivity contribution in [2.75, 3.05) is 12.4 Å². The van der Waals surface area contributed by atoms with Crippen LogP contribution in [0.3, 0.4) is 0 Å². The minimum Gasteiger partial charge on any atom is -0.480 e. The highest BCUT2D eigenvalue weighted by atomic mass is 35.5. The van der Waals surface area contributed by atoms with Gasteiger partial charge in [0.25, 0.3) is 0 Å². The van der Waals surface area contributed by atoms with Gasteiger partial charge >= 0.3 is 12.1 Å². The standard InChI is InChI=1S/C17H12Cl4F2N2O3/c1-27-14(13-11(18)6-3-7-12(13)19)25-16(26)24-9-4-2-5-10(8-9)28-17(22,23)15(20)21/h2-8,15H,1H3,(H,24,26). The number of hydrogen-bond donors (Lipinski definition) is 1. The van der Waals surface area contributed by atoms with Gasteiger partial charge in [0, 0.05) is 11.8 Å². The topological polar surface area (TPSA) is 59.9 Å². The highest BCUT2D eigenvalue weighted by Gasteiger charge is 2.40. The first kappa shape index (κ1) is 22.5. The summed E-state index contributed by atoms with van der Waals surface area (Å²) in [4.78, 5) is 13.9. The number of halogens is 6. The molecular formula is C17H12Cl4F2N2O3. The van der Waals surface area contributed by atoms with Crippen LogP contribution in [0.15, 0.2) is 47.5 Å². The molecule has 0 spiro atoms. The van der Waals surface area contributed by atoms with Gasteiger partial charge in [-0.15, -0.1) is 0 Å². The summed E-state index contributed by atoms with van der Waals surface area (Å²) < 4.78 is 36.5. The lowest BCUT2D eigenvalue weighted by molar-refractivity contribution is -0.163. The Hall–Kier alpha value is -1.80. The predicted molar refractivity (Wildman–Crippen MR) is 107 cm³/mol. The number of carbonyl (C=O) groups excluding carboxylic acids is 1. The van der Waals surface area contributed by atoms with Crippen molar-refractivity contribution >= 4 is 64.0 Å². The summed E-state index contributed by atoms with van der Waals surface area (Å²) in [6.45, 7) is 0. The number of alkyl halides is 4. The summed E-state index contributed by atoms with van der Waals surface area (Å²) in [5, 5.41) is 2.85. The van der Waals surface area contributed by atoms with Crippen molar-refractivity contribution in [3.05, 3.63) is 58.1 Å². The normalized spacial score (nSPS) is 12.1. The molecule has 2 aromatic carbocycles. The fourth-order valence-corrected chi connectivity index (χ4v) is 2.64. The van der Waals surface area contributed by atoms with Gasteiger partial charge in [-0.05, 0) is 24.3 Å². The molecule has 2 amide bonds. The summed E-state index contributed by atoms with van der Waals surface area (Å²) >= 11 is 22.5.